The fraction of sp³-hybridized carbons (Fsp3) is 0.444. The van der Waals surface area contributed by atoms with Gasteiger partial charge in [0.05, 0.1) is 6.10 Å². The van der Waals surface area contributed by atoms with Crippen LogP contribution >= 0.6 is 0 Å². The lowest BCUT2D eigenvalue weighted by molar-refractivity contribution is -0.362. The molecule has 11 unspecified atom stereocenters. The van der Waals surface area contributed by atoms with Gasteiger partial charge in [-0.25, -0.2) is 0 Å². The van der Waals surface area contributed by atoms with Crippen LogP contribution in [0.15, 0.2) is 39.5 Å². The molecule has 2 fully saturated rings. The summed E-state index contributed by atoms with van der Waals surface area (Å²) in [4.78, 5) is 12.8. The van der Waals surface area contributed by atoms with Crippen LogP contribution in [-0.2, 0) is 14.2 Å². The molecule has 17 heteroatoms. The number of aliphatic hydroxyl groups is 7. The van der Waals surface area contributed by atoms with Crippen molar-refractivity contribution in [3.63, 3.8) is 0 Å². The van der Waals surface area contributed by atoms with E-state index in [4.69, 9.17) is 23.4 Å². The number of fused-ring (bicyclic) bond motifs is 1. The lowest BCUT2D eigenvalue weighted by Crippen LogP contribution is -2.63. The van der Waals surface area contributed by atoms with E-state index in [1.54, 1.807) is 0 Å². The summed E-state index contributed by atoms with van der Waals surface area (Å²) in [7, 11) is 0. The molecule has 0 spiro atoms. The number of aromatic hydroxyl groups is 4. The molecular formula is C27H30O17. The second-order valence-corrected chi connectivity index (χ2v) is 10.4. The van der Waals surface area contributed by atoms with E-state index in [1.807, 2.05) is 0 Å². The van der Waals surface area contributed by atoms with Crippen LogP contribution in [0.4, 0.5) is 0 Å². The predicted octanol–water partition coefficient (Wildman–Crippen LogP) is -2.37. The maximum absolute atomic E-state index is 12.8. The van der Waals surface area contributed by atoms with Crippen LogP contribution in [-0.4, -0.2) is 124 Å². The standard InChI is InChI=1S/C27H30O17/c1-7(40-26-23(38)19(34)21(36)25(39)44-26)24-20(35)18(33)22(37)27(43-24)42-14-6-13-15(17(32)16(14)31)11(30)5-12(41-13)8-2-3-9(28)10(29)4-8/h2-7,18-29,31-39H,1H3. The van der Waals surface area contributed by atoms with Crippen LogP contribution in [0.3, 0.4) is 0 Å². The second kappa shape index (κ2) is 12.0. The molecule has 240 valence electrons. The summed E-state index contributed by atoms with van der Waals surface area (Å²) in [5.74, 6) is -3.58. The second-order valence-electron chi connectivity index (χ2n) is 10.4. The number of phenolic OH excluding ortho intramolecular Hbond substituents is 4. The number of rotatable bonds is 6. The van der Waals surface area contributed by atoms with Crippen molar-refractivity contribution in [1.29, 1.82) is 0 Å². The van der Waals surface area contributed by atoms with Gasteiger partial charge in [0.15, 0.2) is 41.0 Å². The summed E-state index contributed by atoms with van der Waals surface area (Å²) < 4.78 is 27.2. The van der Waals surface area contributed by atoms with Crippen LogP contribution in [0.5, 0.6) is 28.7 Å². The minimum absolute atomic E-state index is 0.109. The Morgan fingerprint density at radius 1 is 0.727 bits per heavy atom. The monoisotopic (exact) mass is 626 g/mol. The zero-order valence-corrected chi connectivity index (χ0v) is 22.6. The third-order valence-corrected chi connectivity index (χ3v) is 7.40. The number of ether oxygens (including phenoxy) is 4. The summed E-state index contributed by atoms with van der Waals surface area (Å²) in [6.45, 7) is 1.28. The number of aliphatic hydroxyl groups excluding tert-OH is 7. The molecule has 2 aliphatic heterocycles. The van der Waals surface area contributed by atoms with Gasteiger partial charge >= 0.3 is 0 Å². The highest BCUT2D eigenvalue weighted by atomic mass is 16.8. The van der Waals surface area contributed by atoms with Gasteiger partial charge in [-0.1, -0.05) is 0 Å². The number of benzene rings is 2. The van der Waals surface area contributed by atoms with Gasteiger partial charge < -0.3 is 79.5 Å². The van der Waals surface area contributed by atoms with Crippen LogP contribution < -0.4 is 10.2 Å². The van der Waals surface area contributed by atoms with E-state index in [0.29, 0.717) is 0 Å². The Kier molecular flexibility index (Phi) is 8.62. The smallest absolute Gasteiger partial charge is 0.229 e. The first kappa shape index (κ1) is 31.7. The first-order valence-corrected chi connectivity index (χ1v) is 13.1. The minimum atomic E-state index is -1.96. The van der Waals surface area contributed by atoms with Crippen molar-refractivity contribution < 1.29 is 79.5 Å². The van der Waals surface area contributed by atoms with E-state index < -0.39 is 107 Å². The fourth-order valence-electron chi connectivity index (χ4n) is 4.89. The summed E-state index contributed by atoms with van der Waals surface area (Å²) >= 11 is 0. The molecule has 2 aromatic carbocycles. The van der Waals surface area contributed by atoms with Crippen molar-refractivity contribution in [2.24, 2.45) is 0 Å². The molecule has 1 aromatic heterocycles. The van der Waals surface area contributed by atoms with E-state index in [2.05, 4.69) is 0 Å². The molecule has 44 heavy (non-hydrogen) atoms. The Hall–Kier alpha value is -3.75. The van der Waals surface area contributed by atoms with E-state index in [9.17, 15) is 61.0 Å². The molecule has 2 aliphatic rings. The largest absolute Gasteiger partial charge is 0.504 e. The van der Waals surface area contributed by atoms with Crippen LogP contribution in [0.25, 0.3) is 22.3 Å². The lowest BCUT2D eigenvalue weighted by atomic mass is 9.95. The maximum atomic E-state index is 12.8. The summed E-state index contributed by atoms with van der Waals surface area (Å²) in [5.41, 5.74) is -0.968. The molecule has 11 atom stereocenters. The molecule has 11 N–H and O–H groups in total. The molecule has 0 aliphatic carbocycles. The highest BCUT2D eigenvalue weighted by molar-refractivity contribution is 5.89. The van der Waals surface area contributed by atoms with E-state index in [0.717, 1.165) is 24.3 Å². The molecule has 17 nitrogen and oxygen atoms in total. The van der Waals surface area contributed by atoms with Gasteiger partial charge in [0.25, 0.3) is 0 Å². The molecule has 0 bridgehead atoms. The molecule has 3 heterocycles. The zero-order chi connectivity index (χ0) is 32.2. The molecule has 0 amide bonds. The van der Waals surface area contributed by atoms with Crippen LogP contribution in [0.2, 0.25) is 0 Å². The molecular weight excluding hydrogens is 596 g/mol. The SMILES string of the molecule is CC(OC1OC(O)C(O)C(O)C1O)C1OC(Oc2cc3oc(-c4ccc(O)c(O)c4)cc(=O)c3c(O)c2O)C(O)C(O)C1O. The van der Waals surface area contributed by atoms with Crippen molar-refractivity contribution in [3.8, 4) is 40.1 Å². The normalized spacial score (nSPS) is 33.3. The third-order valence-electron chi connectivity index (χ3n) is 7.40. The molecule has 5 rings (SSSR count). The van der Waals surface area contributed by atoms with Gasteiger partial charge in [-0.05, 0) is 25.1 Å². The summed E-state index contributed by atoms with van der Waals surface area (Å²) in [6.07, 6.45) is -19.7. The van der Waals surface area contributed by atoms with Gasteiger partial charge in [0.2, 0.25) is 12.0 Å². The molecule has 0 saturated carbocycles. The van der Waals surface area contributed by atoms with Crippen LogP contribution in [0, 0.1) is 0 Å². The molecule has 2 saturated heterocycles. The average molecular weight is 627 g/mol. The van der Waals surface area contributed by atoms with Gasteiger partial charge in [-0.2, -0.15) is 0 Å². The van der Waals surface area contributed by atoms with Crippen molar-refractivity contribution in [1.82, 2.24) is 0 Å². The van der Waals surface area contributed by atoms with Crippen molar-refractivity contribution in [2.45, 2.75) is 74.6 Å². The van der Waals surface area contributed by atoms with Crippen molar-refractivity contribution in [2.75, 3.05) is 0 Å². The lowest BCUT2D eigenvalue weighted by Gasteiger charge is -2.44. The maximum Gasteiger partial charge on any atom is 0.229 e. The molecule has 0 radical (unpaired) electrons. The first-order chi connectivity index (χ1) is 20.7. The Bertz CT molecular complexity index is 1570. The van der Waals surface area contributed by atoms with Gasteiger partial charge in [0, 0.05) is 17.7 Å². The van der Waals surface area contributed by atoms with Gasteiger partial charge in [-0.3, -0.25) is 4.79 Å². The molecule has 3 aromatic rings. The minimum Gasteiger partial charge on any atom is -0.504 e. The predicted molar refractivity (Wildman–Crippen MR) is 141 cm³/mol. The Balaban J connectivity index is 1.42. The van der Waals surface area contributed by atoms with Crippen LogP contribution in [0.1, 0.15) is 6.92 Å². The number of hydrogen-bond donors (Lipinski definition) is 11. The van der Waals surface area contributed by atoms with Gasteiger partial charge in [-0.15, -0.1) is 0 Å². The Labute approximate surface area is 246 Å². The Morgan fingerprint density at radius 3 is 2.07 bits per heavy atom. The van der Waals surface area contributed by atoms with E-state index >= 15 is 0 Å². The summed E-state index contributed by atoms with van der Waals surface area (Å²) in [6, 6.07) is 5.53. The topological polar surface area (TPSA) is 290 Å². The van der Waals surface area contributed by atoms with Crippen molar-refractivity contribution >= 4 is 11.0 Å². The van der Waals surface area contributed by atoms with Crippen molar-refractivity contribution in [3.05, 3.63) is 40.6 Å². The average Bonchev–Trinajstić information content (AvgIpc) is 2.98. The fourth-order valence-corrected chi connectivity index (χ4v) is 4.89. The van der Waals surface area contributed by atoms with Gasteiger partial charge in [0.1, 0.15) is 59.5 Å². The third kappa shape index (κ3) is 5.61. The highest BCUT2D eigenvalue weighted by Crippen LogP contribution is 2.43. The summed E-state index contributed by atoms with van der Waals surface area (Å²) in [5, 5.41) is 111. The zero-order valence-electron chi connectivity index (χ0n) is 22.6. The van der Waals surface area contributed by atoms with E-state index in [1.165, 1.54) is 13.0 Å². The number of phenols is 4. The van der Waals surface area contributed by atoms with E-state index in [-0.39, 0.29) is 16.9 Å². The quantitative estimate of drug-likeness (QED) is 0.127. The highest BCUT2D eigenvalue weighted by Gasteiger charge is 2.50. The number of hydrogen-bond acceptors (Lipinski definition) is 17. The first-order valence-electron chi connectivity index (χ1n) is 13.1. The Morgan fingerprint density at radius 2 is 1.39 bits per heavy atom.